The minimum Gasteiger partial charge on any atom is -0.508 e. The molecule has 2 aromatic rings. The van der Waals surface area contributed by atoms with Crippen molar-refractivity contribution < 1.29 is 9.90 Å². The Labute approximate surface area is 184 Å². The van der Waals surface area contributed by atoms with E-state index in [0.717, 1.165) is 41.1 Å². The molecule has 5 heteroatoms. The van der Waals surface area contributed by atoms with E-state index >= 15 is 0 Å². The molecule has 0 spiro atoms. The maximum atomic E-state index is 12.5. The first-order chi connectivity index (χ1) is 14.9. The predicted molar refractivity (Wildman–Crippen MR) is 122 cm³/mol. The predicted octanol–water partition coefficient (Wildman–Crippen LogP) is 5.59. The van der Waals surface area contributed by atoms with Crippen LogP contribution in [0, 0.1) is 29.1 Å². The van der Waals surface area contributed by atoms with E-state index in [1.54, 1.807) is 18.3 Å². The van der Waals surface area contributed by atoms with Gasteiger partial charge in [0.15, 0.2) is 5.82 Å². The van der Waals surface area contributed by atoms with Crippen LogP contribution in [0.4, 0.5) is 5.82 Å². The molecule has 4 bridgehead atoms. The summed E-state index contributed by atoms with van der Waals surface area (Å²) in [6.45, 7) is 4.10. The van der Waals surface area contributed by atoms with Gasteiger partial charge in [-0.05, 0) is 98.3 Å². The quantitative estimate of drug-likeness (QED) is 0.640. The summed E-state index contributed by atoms with van der Waals surface area (Å²) < 4.78 is 0. The molecule has 6 rings (SSSR count). The number of nitrogens with one attached hydrogen (secondary N) is 1. The number of aromatic nitrogens is 2. The molecule has 4 fully saturated rings. The van der Waals surface area contributed by atoms with Crippen molar-refractivity contribution in [1.82, 2.24) is 9.97 Å². The number of hydrogen-bond donors (Lipinski definition) is 2. The molecule has 0 aliphatic heterocycles. The van der Waals surface area contributed by atoms with Crippen molar-refractivity contribution in [2.45, 2.75) is 65.2 Å². The number of nitrogens with zero attached hydrogens (tertiary/aromatic N) is 2. The highest BCUT2D eigenvalue weighted by Crippen LogP contribution is 2.61. The van der Waals surface area contributed by atoms with Crippen LogP contribution >= 0.6 is 0 Å². The summed E-state index contributed by atoms with van der Waals surface area (Å²) in [5.41, 5.74) is 2.96. The van der Waals surface area contributed by atoms with Gasteiger partial charge in [0.2, 0.25) is 5.91 Å². The van der Waals surface area contributed by atoms with Crippen molar-refractivity contribution in [3.8, 4) is 17.0 Å². The van der Waals surface area contributed by atoms with Crippen LogP contribution < -0.4 is 5.32 Å². The lowest BCUT2D eigenvalue weighted by molar-refractivity contribution is -0.116. The van der Waals surface area contributed by atoms with Gasteiger partial charge >= 0.3 is 0 Å². The van der Waals surface area contributed by atoms with Gasteiger partial charge in [0.1, 0.15) is 5.75 Å². The van der Waals surface area contributed by atoms with Crippen LogP contribution in [0.3, 0.4) is 0 Å². The average molecular weight is 420 g/mol. The Bertz CT molecular complexity index is 932. The summed E-state index contributed by atoms with van der Waals surface area (Å²) in [4.78, 5) is 22.2. The Morgan fingerprint density at radius 2 is 1.71 bits per heavy atom. The number of anilines is 1. The Hall–Kier alpha value is -2.43. The average Bonchev–Trinajstić information content (AvgIpc) is 2.68. The highest BCUT2D eigenvalue weighted by Gasteiger charge is 2.51. The fourth-order valence-electron chi connectivity index (χ4n) is 6.84. The first-order valence-corrected chi connectivity index (χ1v) is 11.8. The lowest BCUT2D eigenvalue weighted by Gasteiger charge is -2.57. The van der Waals surface area contributed by atoms with Crippen LogP contribution in [0.5, 0.6) is 5.75 Å². The standard InChI is InChI=1S/C26H33N3O2/c1-16(2)7-24(31)29-25-22(28-23(15-27-25)20-3-5-21(30)6-4-20)14-26-11-17-8-18(12-26)10-19(9-17)13-26/h3-6,15-19,30H,7-14H2,1-2H3,(H,27,29,31). The van der Waals surface area contributed by atoms with Crippen LogP contribution in [-0.2, 0) is 11.2 Å². The number of carbonyl (C=O) groups is 1. The van der Waals surface area contributed by atoms with Gasteiger partial charge in [-0.15, -0.1) is 0 Å². The molecule has 2 N–H and O–H groups in total. The van der Waals surface area contributed by atoms with Crippen LogP contribution in [0.1, 0.15) is 64.5 Å². The van der Waals surface area contributed by atoms with E-state index in [9.17, 15) is 9.90 Å². The molecule has 5 nitrogen and oxygen atoms in total. The maximum absolute atomic E-state index is 12.5. The van der Waals surface area contributed by atoms with Gasteiger partial charge in [-0.1, -0.05) is 13.8 Å². The fourth-order valence-corrected chi connectivity index (χ4v) is 6.84. The van der Waals surface area contributed by atoms with Crippen LogP contribution in [0.25, 0.3) is 11.3 Å². The van der Waals surface area contributed by atoms with Gasteiger partial charge in [0.05, 0.1) is 17.6 Å². The number of phenolic OH excluding ortho intramolecular Hbond substituents is 1. The molecule has 1 heterocycles. The minimum absolute atomic E-state index is 0.00782. The summed E-state index contributed by atoms with van der Waals surface area (Å²) in [7, 11) is 0. The molecular formula is C26H33N3O2. The van der Waals surface area contributed by atoms with Crippen molar-refractivity contribution in [3.63, 3.8) is 0 Å². The van der Waals surface area contributed by atoms with Crippen molar-refractivity contribution >= 4 is 11.7 Å². The van der Waals surface area contributed by atoms with E-state index < -0.39 is 0 Å². The highest BCUT2D eigenvalue weighted by molar-refractivity contribution is 5.90. The topological polar surface area (TPSA) is 75.1 Å². The van der Waals surface area contributed by atoms with Gasteiger partial charge < -0.3 is 10.4 Å². The van der Waals surface area contributed by atoms with Crippen molar-refractivity contribution in [2.24, 2.45) is 29.1 Å². The van der Waals surface area contributed by atoms with Crippen molar-refractivity contribution in [3.05, 3.63) is 36.2 Å². The van der Waals surface area contributed by atoms with Crippen molar-refractivity contribution in [1.29, 1.82) is 0 Å². The van der Waals surface area contributed by atoms with E-state index in [1.165, 1.54) is 38.5 Å². The molecule has 1 amide bonds. The third-order valence-electron chi connectivity index (χ3n) is 7.57. The van der Waals surface area contributed by atoms with E-state index in [4.69, 9.17) is 4.98 Å². The Balaban J connectivity index is 1.47. The zero-order valence-electron chi connectivity index (χ0n) is 18.6. The normalized spacial score (nSPS) is 28.8. The number of phenols is 1. The number of hydrogen-bond acceptors (Lipinski definition) is 4. The zero-order valence-corrected chi connectivity index (χ0v) is 18.6. The zero-order chi connectivity index (χ0) is 21.6. The van der Waals surface area contributed by atoms with Crippen LogP contribution in [0.15, 0.2) is 30.5 Å². The molecule has 4 aliphatic rings. The monoisotopic (exact) mass is 419 g/mol. The number of amides is 1. The second-order valence-corrected chi connectivity index (χ2v) is 10.8. The largest absolute Gasteiger partial charge is 0.508 e. The van der Waals surface area contributed by atoms with E-state index in [1.807, 2.05) is 12.1 Å². The summed E-state index contributed by atoms with van der Waals surface area (Å²) in [6.07, 6.45) is 11.2. The number of aromatic hydroxyl groups is 1. The summed E-state index contributed by atoms with van der Waals surface area (Å²) in [5.74, 6) is 3.80. The Kier molecular flexibility index (Phi) is 5.23. The van der Waals surface area contributed by atoms with Crippen molar-refractivity contribution in [2.75, 3.05) is 5.32 Å². The molecule has 0 radical (unpaired) electrons. The van der Waals surface area contributed by atoms with Crippen LogP contribution in [0.2, 0.25) is 0 Å². The first-order valence-electron chi connectivity index (χ1n) is 11.8. The molecule has 4 aliphatic carbocycles. The second kappa shape index (κ2) is 7.92. The second-order valence-electron chi connectivity index (χ2n) is 10.8. The van der Waals surface area contributed by atoms with Gasteiger partial charge in [0, 0.05) is 12.0 Å². The molecule has 0 atom stereocenters. The summed E-state index contributed by atoms with van der Waals surface area (Å²) in [6, 6.07) is 7.08. The molecule has 1 aromatic heterocycles. The van der Waals surface area contributed by atoms with E-state index in [-0.39, 0.29) is 11.7 Å². The molecule has 0 saturated heterocycles. The third-order valence-corrected chi connectivity index (χ3v) is 7.57. The van der Waals surface area contributed by atoms with Gasteiger partial charge in [-0.2, -0.15) is 0 Å². The van der Waals surface area contributed by atoms with Gasteiger partial charge in [0.25, 0.3) is 0 Å². The minimum atomic E-state index is 0.00782. The molecular weight excluding hydrogens is 386 g/mol. The van der Waals surface area contributed by atoms with Crippen LogP contribution in [-0.4, -0.2) is 21.0 Å². The highest BCUT2D eigenvalue weighted by atomic mass is 16.3. The first kappa shape index (κ1) is 20.5. The fraction of sp³-hybridized carbons (Fsp3) is 0.577. The van der Waals surface area contributed by atoms with Gasteiger partial charge in [-0.25, -0.2) is 9.97 Å². The number of benzene rings is 1. The number of rotatable bonds is 6. The summed E-state index contributed by atoms with van der Waals surface area (Å²) in [5, 5.41) is 12.7. The molecule has 0 unspecified atom stereocenters. The summed E-state index contributed by atoms with van der Waals surface area (Å²) >= 11 is 0. The molecule has 4 saturated carbocycles. The van der Waals surface area contributed by atoms with Gasteiger partial charge in [-0.3, -0.25) is 4.79 Å². The lowest BCUT2D eigenvalue weighted by atomic mass is 9.48. The smallest absolute Gasteiger partial charge is 0.225 e. The van der Waals surface area contributed by atoms with E-state index in [2.05, 4.69) is 24.1 Å². The number of carbonyl (C=O) groups excluding carboxylic acids is 1. The van der Waals surface area contributed by atoms with E-state index in [0.29, 0.717) is 23.6 Å². The Morgan fingerprint density at radius 3 is 2.29 bits per heavy atom. The Morgan fingerprint density at radius 1 is 1.10 bits per heavy atom. The SMILES string of the molecule is CC(C)CC(=O)Nc1ncc(-c2ccc(O)cc2)nc1CC12CC3CC(CC(C3)C1)C2. The third kappa shape index (κ3) is 4.32. The lowest BCUT2D eigenvalue weighted by Crippen LogP contribution is -2.47. The molecule has 31 heavy (non-hydrogen) atoms. The molecule has 1 aromatic carbocycles. The maximum Gasteiger partial charge on any atom is 0.225 e. The molecule has 164 valence electrons.